The number of Topliss-reactive ketones (excluding diaryl/α,β-unsaturated/α-hetero) is 1. The van der Waals surface area contributed by atoms with Crippen molar-refractivity contribution in [2.24, 2.45) is 11.7 Å². The molecule has 0 aliphatic rings. The van der Waals surface area contributed by atoms with Gasteiger partial charge in [0, 0.05) is 0 Å². The van der Waals surface area contributed by atoms with E-state index in [0.717, 1.165) is 0 Å². The van der Waals surface area contributed by atoms with Gasteiger partial charge in [0.2, 0.25) is 0 Å². The fourth-order valence-corrected chi connectivity index (χ4v) is 1.38. The van der Waals surface area contributed by atoms with Gasteiger partial charge in [-0.3, -0.25) is 4.79 Å². The quantitative estimate of drug-likeness (QED) is 0.412. The topological polar surface area (TPSA) is 83.2 Å². The van der Waals surface area contributed by atoms with Crippen LogP contribution in [0.4, 0.5) is 0 Å². The summed E-state index contributed by atoms with van der Waals surface area (Å²) in [6.45, 7) is 1.63. The van der Waals surface area contributed by atoms with Crippen LogP contribution in [0.1, 0.15) is 6.92 Å². The van der Waals surface area contributed by atoms with Gasteiger partial charge >= 0.3 is 0 Å². The third kappa shape index (κ3) is 4.34. The first-order valence-corrected chi connectivity index (χ1v) is 4.42. The molecule has 2 atom stereocenters. The van der Waals surface area contributed by atoms with Crippen molar-refractivity contribution >= 4 is 11.8 Å². The Morgan fingerprint density at radius 3 is 2.00 bits per heavy atom. The van der Waals surface area contributed by atoms with Crippen molar-refractivity contribution in [1.29, 1.82) is 0 Å². The van der Waals surface area contributed by atoms with Crippen LogP contribution in [0.15, 0.2) is 0 Å². The average molecular weight is 202 g/mol. The average Bonchev–Trinajstić information content (AvgIpc) is 1.78. The number of nitrogens with two attached hydrogens (primary N) is 1. The number of hydrogen-bond acceptors (Lipinski definition) is 4. The smallest absolute Gasteiger partial charge is 0.140 e. The second-order valence-electron chi connectivity index (χ2n) is 4.54. The molecule has 82 valence electrons. The standard InChI is InChI=1S/C9H18N2O3/c1-6(12)8(9(13)14)7(10)5-11(2,3)4/h7-8H,5,10H2,1-4H3. The van der Waals surface area contributed by atoms with E-state index in [9.17, 15) is 14.7 Å². The van der Waals surface area contributed by atoms with Crippen LogP contribution >= 0.6 is 0 Å². The zero-order valence-corrected chi connectivity index (χ0v) is 9.11. The van der Waals surface area contributed by atoms with E-state index in [-0.39, 0.29) is 0 Å². The highest BCUT2D eigenvalue weighted by Crippen LogP contribution is 2.06. The summed E-state index contributed by atoms with van der Waals surface area (Å²) < 4.78 is 0.512. The van der Waals surface area contributed by atoms with Crippen LogP contribution < -0.4 is 10.8 Å². The maximum Gasteiger partial charge on any atom is 0.140 e. The van der Waals surface area contributed by atoms with Crippen molar-refractivity contribution in [3.8, 4) is 0 Å². The van der Waals surface area contributed by atoms with E-state index >= 15 is 0 Å². The molecule has 0 aromatic heterocycles. The Bertz CT molecular complexity index is 219. The van der Waals surface area contributed by atoms with Crippen LogP contribution in [0.2, 0.25) is 0 Å². The second kappa shape index (κ2) is 4.52. The van der Waals surface area contributed by atoms with E-state index in [0.29, 0.717) is 11.0 Å². The molecule has 0 aliphatic heterocycles. The molecule has 0 aliphatic carbocycles. The van der Waals surface area contributed by atoms with E-state index in [1.54, 1.807) is 0 Å². The first kappa shape index (κ1) is 13.1. The fourth-order valence-electron chi connectivity index (χ4n) is 1.38. The summed E-state index contributed by atoms with van der Waals surface area (Å²) in [5.74, 6) is -3.04. The number of quaternary nitrogens is 1. The van der Waals surface area contributed by atoms with Gasteiger partial charge in [-0.2, -0.15) is 0 Å². The van der Waals surface area contributed by atoms with Gasteiger partial charge in [0.25, 0.3) is 0 Å². The van der Waals surface area contributed by atoms with Gasteiger partial charge in [-0.25, -0.2) is 0 Å². The van der Waals surface area contributed by atoms with Crippen molar-refractivity contribution in [3.05, 3.63) is 0 Å². The lowest BCUT2D eigenvalue weighted by Crippen LogP contribution is -2.54. The molecule has 0 spiro atoms. The van der Waals surface area contributed by atoms with Gasteiger partial charge in [0.15, 0.2) is 0 Å². The first-order valence-electron chi connectivity index (χ1n) is 4.42. The predicted molar refractivity (Wildman–Crippen MR) is 50.1 cm³/mol. The molecule has 14 heavy (non-hydrogen) atoms. The van der Waals surface area contributed by atoms with Crippen LogP contribution in [-0.4, -0.2) is 50.0 Å². The maximum absolute atomic E-state index is 11.0. The Balaban J connectivity index is 4.54. The zero-order valence-electron chi connectivity index (χ0n) is 9.11. The Morgan fingerprint density at radius 1 is 1.36 bits per heavy atom. The largest absolute Gasteiger partial charge is 0.549 e. The number of hydrogen-bond donors (Lipinski definition) is 1. The van der Waals surface area contributed by atoms with Crippen molar-refractivity contribution in [3.63, 3.8) is 0 Å². The summed E-state index contributed by atoms with van der Waals surface area (Å²) in [7, 11) is 5.64. The molecule has 5 nitrogen and oxygen atoms in total. The number of nitrogens with zero attached hydrogens (tertiary/aromatic N) is 1. The highest BCUT2D eigenvalue weighted by Gasteiger charge is 2.28. The SMILES string of the molecule is CC(=O)C(C(=O)[O-])C(N)C[N+](C)(C)C. The summed E-state index contributed by atoms with van der Waals surface area (Å²) in [4.78, 5) is 21.7. The summed E-state index contributed by atoms with van der Waals surface area (Å²) in [5, 5.41) is 10.6. The normalized spacial score (nSPS) is 16.1. The van der Waals surface area contributed by atoms with E-state index in [1.807, 2.05) is 21.1 Å². The summed E-state index contributed by atoms with van der Waals surface area (Å²) in [6, 6.07) is -0.697. The Hall–Kier alpha value is -0.940. The molecule has 0 saturated carbocycles. The third-order valence-electron chi connectivity index (χ3n) is 1.88. The molecule has 2 unspecified atom stereocenters. The Labute approximate surface area is 84.1 Å². The van der Waals surface area contributed by atoms with Gasteiger partial charge in [0.1, 0.15) is 5.78 Å². The van der Waals surface area contributed by atoms with Crippen molar-refractivity contribution in [1.82, 2.24) is 0 Å². The molecule has 5 heteroatoms. The fraction of sp³-hybridized carbons (Fsp3) is 0.778. The molecule has 0 radical (unpaired) electrons. The lowest BCUT2D eigenvalue weighted by molar-refractivity contribution is -0.871. The molecular formula is C9H18N2O3. The molecule has 2 N–H and O–H groups in total. The number of aliphatic carboxylic acids is 1. The number of carboxylic acid groups (broad SMARTS) is 1. The monoisotopic (exact) mass is 202 g/mol. The molecule has 0 amide bonds. The lowest BCUT2D eigenvalue weighted by atomic mass is 9.96. The van der Waals surface area contributed by atoms with Crippen molar-refractivity contribution < 1.29 is 19.2 Å². The van der Waals surface area contributed by atoms with Gasteiger partial charge in [-0.1, -0.05) is 0 Å². The molecule has 0 fully saturated rings. The Kier molecular flexibility index (Phi) is 4.22. The van der Waals surface area contributed by atoms with Gasteiger partial charge < -0.3 is 20.1 Å². The molecular weight excluding hydrogens is 184 g/mol. The third-order valence-corrected chi connectivity index (χ3v) is 1.88. The number of ketones is 1. The molecule has 0 bridgehead atoms. The highest BCUT2D eigenvalue weighted by atomic mass is 16.4. The van der Waals surface area contributed by atoms with Crippen molar-refractivity contribution in [2.75, 3.05) is 27.7 Å². The maximum atomic E-state index is 11.0. The van der Waals surface area contributed by atoms with Crippen LogP contribution in [-0.2, 0) is 9.59 Å². The zero-order chi connectivity index (χ0) is 11.5. The number of carboxylic acids is 1. The highest BCUT2D eigenvalue weighted by molar-refractivity contribution is 5.96. The minimum Gasteiger partial charge on any atom is -0.549 e. The summed E-state index contributed by atoms with van der Waals surface area (Å²) in [5.41, 5.74) is 5.65. The van der Waals surface area contributed by atoms with Crippen LogP contribution in [0.5, 0.6) is 0 Å². The molecule has 0 rings (SSSR count). The van der Waals surface area contributed by atoms with E-state index < -0.39 is 23.7 Å². The second-order valence-corrected chi connectivity index (χ2v) is 4.54. The van der Waals surface area contributed by atoms with Gasteiger partial charge in [-0.15, -0.1) is 0 Å². The number of likely N-dealkylation sites (N-methyl/N-ethyl adjacent to an activating group) is 1. The van der Waals surface area contributed by atoms with Gasteiger partial charge in [-0.05, 0) is 6.92 Å². The molecule has 0 saturated heterocycles. The minimum absolute atomic E-state index is 0.415. The molecule has 0 aromatic carbocycles. The van der Waals surface area contributed by atoms with Crippen LogP contribution in [0, 0.1) is 5.92 Å². The molecule has 0 aromatic rings. The first-order chi connectivity index (χ1) is 6.15. The predicted octanol–water partition coefficient (Wildman–Crippen LogP) is -2.02. The van der Waals surface area contributed by atoms with E-state index in [2.05, 4.69) is 0 Å². The van der Waals surface area contributed by atoms with Crippen LogP contribution in [0.3, 0.4) is 0 Å². The van der Waals surface area contributed by atoms with Crippen LogP contribution in [0.25, 0.3) is 0 Å². The van der Waals surface area contributed by atoms with Gasteiger partial charge in [0.05, 0.1) is 45.6 Å². The number of carbonyl (C=O) groups is 2. The Morgan fingerprint density at radius 2 is 1.79 bits per heavy atom. The van der Waals surface area contributed by atoms with E-state index in [1.165, 1.54) is 6.92 Å². The summed E-state index contributed by atoms with van der Waals surface area (Å²) >= 11 is 0. The molecule has 0 heterocycles. The minimum atomic E-state index is -1.39. The lowest BCUT2D eigenvalue weighted by Gasteiger charge is -2.30. The summed E-state index contributed by atoms with van der Waals surface area (Å²) in [6.07, 6.45) is 0. The van der Waals surface area contributed by atoms with Crippen molar-refractivity contribution in [2.45, 2.75) is 13.0 Å². The van der Waals surface area contributed by atoms with E-state index in [4.69, 9.17) is 5.73 Å². The number of carbonyl (C=O) groups excluding carboxylic acids is 2. The number of rotatable bonds is 5.